The van der Waals surface area contributed by atoms with Gasteiger partial charge in [0.2, 0.25) is 0 Å². The van der Waals surface area contributed by atoms with Crippen molar-refractivity contribution in [2.45, 2.75) is 97.8 Å². The molecule has 0 saturated heterocycles. The van der Waals surface area contributed by atoms with Gasteiger partial charge in [0.25, 0.3) is 0 Å². The van der Waals surface area contributed by atoms with E-state index in [1.165, 1.54) is 57.4 Å². The SMILES string of the molecule is CCCCCCCC/C=C\C(CCCCCC)C(=O)Oc1ccc2c(C)cc(=O)oc2c1. The number of aryl methyl sites for hydroxylation is 1. The van der Waals surface area contributed by atoms with Crippen LogP contribution in [0.1, 0.15) is 96.5 Å². The zero-order chi connectivity index (χ0) is 23.2. The summed E-state index contributed by atoms with van der Waals surface area (Å²) in [6.07, 6.45) is 18.1. The Labute approximate surface area is 193 Å². The summed E-state index contributed by atoms with van der Waals surface area (Å²) >= 11 is 0. The third-order valence-electron chi connectivity index (χ3n) is 5.91. The van der Waals surface area contributed by atoms with Gasteiger partial charge in [0, 0.05) is 17.5 Å². The third kappa shape index (κ3) is 9.02. The number of carbonyl (C=O) groups excluding carboxylic acids is 1. The molecule has 0 bridgehead atoms. The Kier molecular flexibility index (Phi) is 11.9. The number of ether oxygens (including phenoxy) is 1. The van der Waals surface area contributed by atoms with Crippen LogP contribution in [0, 0.1) is 12.8 Å². The van der Waals surface area contributed by atoms with Gasteiger partial charge in [0.1, 0.15) is 11.3 Å². The Morgan fingerprint density at radius 1 is 0.969 bits per heavy atom. The highest BCUT2D eigenvalue weighted by atomic mass is 16.5. The van der Waals surface area contributed by atoms with Crippen LogP contribution in [0.3, 0.4) is 0 Å². The second-order valence-electron chi connectivity index (χ2n) is 8.77. The molecule has 0 N–H and O–H groups in total. The number of rotatable bonds is 15. The van der Waals surface area contributed by atoms with Gasteiger partial charge in [0.05, 0.1) is 5.92 Å². The normalized spacial score (nSPS) is 12.5. The molecular formula is C28H40O4. The van der Waals surface area contributed by atoms with Crippen LogP contribution in [0.25, 0.3) is 11.0 Å². The molecule has 2 rings (SSSR count). The third-order valence-corrected chi connectivity index (χ3v) is 5.91. The first-order chi connectivity index (χ1) is 15.5. The minimum atomic E-state index is -0.398. The van der Waals surface area contributed by atoms with Gasteiger partial charge in [-0.1, -0.05) is 83.8 Å². The van der Waals surface area contributed by atoms with Crippen molar-refractivity contribution in [2.24, 2.45) is 5.92 Å². The van der Waals surface area contributed by atoms with Crippen LogP contribution >= 0.6 is 0 Å². The summed E-state index contributed by atoms with van der Waals surface area (Å²) in [5, 5.41) is 0.847. The zero-order valence-corrected chi connectivity index (χ0v) is 20.2. The second kappa shape index (κ2) is 14.7. The Morgan fingerprint density at radius 2 is 1.66 bits per heavy atom. The molecule has 1 aromatic carbocycles. The molecule has 0 fully saturated rings. The molecule has 1 unspecified atom stereocenters. The fourth-order valence-corrected chi connectivity index (χ4v) is 3.95. The van der Waals surface area contributed by atoms with Gasteiger partial charge in [-0.15, -0.1) is 0 Å². The number of unbranched alkanes of at least 4 members (excludes halogenated alkanes) is 9. The highest BCUT2D eigenvalue weighted by Gasteiger charge is 2.18. The van der Waals surface area contributed by atoms with E-state index in [4.69, 9.17) is 9.15 Å². The van der Waals surface area contributed by atoms with Crippen LogP contribution in [0.15, 0.2) is 45.6 Å². The van der Waals surface area contributed by atoms with E-state index >= 15 is 0 Å². The van der Waals surface area contributed by atoms with Crippen LogP contribution in [0.2, 0.25) is 0 Å². The molecule has 4 nitrogen and oxygen atoms in total. The van der Waals surface area contributed by atoms with E-state index in [1.807, 2.05) is 19.1 Å². The monoisotopic (exact) mass is 440 g/mol. The van der Waals surface area contributed by atoms with Gasteiger partial charge in [-0.25, -0.2) is 4.79 Å². The average Bonchev–Trinajstić information content (AvgIpc) is 2.76. The lowest BCUT2D eigenvalue weighted by Crippen LogP contribution is -2.19. The first kappa shape index (κ1) is 25.9. The summed E-state index contributed by atoms with van der Waals surface area (Å²) in [5.74, 6) is -0.0682. The highest BCUT2D eigenvalue weighted by Crippen LogP contribution is 2.24. The smallest absolute Gasteiger partial charge is 0.336 e. The van der Waals surface area contributed by atoms with E-state index in [2.05, 4.69) is 19.9 Å². The second-order valence-corrected chi connectivity index (χ2v) is 8.77. The number of benzene rings is 1. The van der Waals surface area contributed by atoms with Crippen molar-refractivity contribution in [1.82, 2.24) is 0 Å². The van der Waals surface area contributed by atoms with Crippen molar-refractivity contribution in [3.63, 3.8) is 0 Å². The van der Waals surface area contributed by atoms with Crippen molar-refractivity contribution >= 4 is 16.9 Å². The van der Waals surface area contributed by atoms with Gasteiger partial charge in [-0.3, -0.25) is 4.79 Å². The summed E-state index contributed by atoms with van der Waals surface area (Å²) in [5.41, 5.74) is 0.892. The molecule has 0 aliphatic heterocycles. The molecule has 1 atom stereocenters. The van der Waals surface area contributed by atoms with E-state index in [0.29, 0.717) is 11.3 Å². The maximum absolute atomic E-state index is 12.9. The predicted octanol–water partition coefficient (Wildman–Crippen LogP) is 7.90. The number of allylic oxidation sites excluding steroid dienone is 1. The molecule has 0 amide bonds. The molecule has 0 spiro atoms. The van der Waals surface area contributed by atoms with Gasteiger partial charge >= 0.3 is 11.6 Å². The Bertz CT molecular complexity index is 909. The lowest BCUT2D eigenvalue weighted by molar-refractivity contribution is -0.137. The van der Waals surface area contributed by atoms with Crippen LogP contribution in [0.5, 0.6) is 5.75 Å². The molecule has 0 aliphatic rings. The van der Waals surface area contributed by atoms with Gasteiger partial charge in [-0.2, -0.15) is 0 Å². The van der Waals surface area contributed by atoms with Gasteiger partial charge in [0.15, 0.2) is 0 Å². The molecule has 4 heteroatoms. The van der Waals surface area contributed by atoms with E-state index in [1.54, 1.807) is 12.1 Å². The van der Waals surface area contributed by atoms with E-state index < -0.39 is 5.63 Å². The summed E-state index contributed by atoms with van der Waals surface area (Å²) in [7, 11) is 0. The van der Waals surface area contributed by atoms with Gasteiger partial charge < -0.3 is 9.15 Å². The van der Waals surface area contributed by atoms with E-state index in [9.17, 15) is 9.59 Å². The molecule has 1 heterocycles. The summed E-state index contributed by atoms with van der Waals surface area (Å²) in [6.45, 7) is 6.29. The van der Waals surface area contributed by atoms with Crippen molar-refractivity contribution < 1.29 is 13.9 Å². The minimum Gasteiger partial charge on any atom is -0.426 e. The first-order valence-electron chi connectivity index (χ1n) is 12.5. The maximum atomic E-state index is 12.9. The molecule has 176 valence electrons. The van der Waals surface area contributed by atoms with Crippen LogP contribution < -0.4 is 10.4 Å². The van der Waals surface area contributed by atoms with Crippen molar-refractivity contribution in [2.75, 3.05) is 0 Å². The lowest BCUT2D eigenvalue weighted by atomic mass is 9.99. The summed E-state index contributed by atoms with van der Waals surface area (Å²) in [6, 6.07) is 6.70. The molecule has 2 aromatic rings. The molecule has 1 aromatic heterocycles. The van der Waals surface area contributed by atoms with Gasteiger partial charge in [-0.05, 0) is 43.9 Å². The topological polar surface area (TPSA) is 56.5 Å². The Hall–Kier alpha value is -2.36. The van der Waals surface area contributed by atoms with E-state index in [-0.39, 0.29) is 11.9 Å². The van der Waals surface area contributed by atoms with Crippen LogP contribution in [-0.2, 0) is 4.79 Å². The minimum absolute atomic E-state index is 0.241. The molecule has 32 heavy (non-hydrogen) atoms. The molecular weight excluding hydrogens is 400 g/mol. The number of hydrogen-bond donors (Lipinski definition) is 0. The lowest BCUT2D eigenvalue weighted by Gasteiger charge is -2.13. The first-order valence-corrected chi connectivity index (χ1v) is 12.5. The number of fused-ring (bicyclic) bond motifs is 1. The summed E-state index contributed by atoms with van der Waals surface area (Å²) < 4.78 is 11.0. The Morgan fingerprint density at radius 3 is 2.41 bits per heavy atom. The van der Waals surface area contributed by atoms with Crippen molar-refractivity contribution in [3.8, 4) is 5.75 Å². The summed E-state index contributed by atoms with van der Waals surface area (Å²) in [4.78, 5) is 24.6. The Balaban J connectivity index is 1.97. The van der Waals surface area contributed by atoms with Crippen molar-refractivity contribution in [1.29, 1.82) is 0 Å². The fraction of sp³-hybridized carbons (Fsp3) is 0.571. The molecule has 0 saturated carbocycles. The molecule has 0 radical (unpaired) electrons. The standard InChI is InChI=1S/C28H40O4/c1-4-6-8-10-11-12-13-15-17-23(16-14-9-7-5-2)28(30)31-24-18-19-25-22(3)20-27(29)32-26(25)21-24/h15,17-21,23H,4-14,16H2,1-3H3/b17-15-. The average molecular weight is 441 g/mol. The van der Waals surface area contributed by atoms with E-state index in [0.717, 1.165) is 36.6 Å². The largest absolute Gasteiger partial charge is 0.426 e. The quantitative estimate of drug-likeness (QED) is 0.0928. The zero-order valence-electron chi connectivity index (χ0n) is 20.2. The fourth-order valence-electron chi connectivity index (χ4n) is 3.95. The number of esters is 1. The highest BCUT2D eigenvalue weighted by molar-refractivity contribution is 5.83. The van der Waals surface area contributed by atoms with Crippen molar-refractivity contribution in [3.05, 3.63) is 52.4 Å². The van der Waals surface area contributed by atoms with Crippen LogP contribution in [-0.4, -0.2) is 5.97 Å². The molecule has 0 aliphatic carbocycles. The maximum Gasteiger partial charge on any atom is 0.336 e. The van der Waals surface area contributed by atoms with Crippen LogP contribution in [0.4, 0.5) is 0 Å². The predicted molar refractivity (Wildman–Crippen MR) is 132 cm³/mol. The number of carbonyl (C=O) groups is 1. The number of hydrogen-bond acceptors (Lipinski definition) is 4.